The summed E-state index contributed by atoms with van der Waals surface area (Å²) in [6.45, 7) is 4.34. The van der Waals surface area contributed by atoms with Crippen LogP contribution >= 0.6 is 0 Å². The van der Waals surface area contributed by atoms with Gasteiger partial charge in [0.1, 0.15) is 0 Å². The van der Waals surface area contributed by atoms with E-state index in [0.29, 0.717) is 11.8 Å². The number of hydrogen-bond donors (Lipinski definition) is 1. The molecule has 0 saturated carbocycles. The van der Waals surface area contributed by atoms with E-state index in [1.807, 2.05) is 0 Å². The molecule has 82 valence electrons. The molecule has 1 nitrogen and oxygen atoms in total. The van der Waals surface area contributed by atoms with Gasteiger partial charge in [0.05, 0.1) is 6.10 Å². The number of benzene rings is 1. The normalized spacial score (nSPS) is 20.9. The zero-order valence-electron chi connectivity index (χ0n) is 9.61. The number of rotatable bonds is 4. The Morgan fingerprint density at radius 1 is 1.27 bits per heavy atom. The van der Waals surface area contributed by atoms with Gasteiger partial charge in [-0.2, -0.15) is 0 Å². The summed E-state index contributed by atoms with van der Waals surface area (Å²) in [5.74, 6) is 0.856. The molecule has 0 bridgehead atoms. The summed E-state index contributed by atoms with van der Waals surface area (Å²) < 4.78 is 0. The topological polar surface area (TPSA) is 20.2 Å². The van der Waals surface area contributed by atoms with Crippen molar-refractivity contribution in [3.05, 3.63) is 35.4 Å². The molecule has 0 amide bonds. The molecule has 0 radical (unpaired) electrons. The lowest BCUT2D eigenvalue weighted by Crippen LogP contribution is -2.34. The highest BCUT2D eigenvalue weighted by Crippen LogP contribution is 2.40. The lowest BCUT2D eigenvalue weighted by atomic mass is 9.70. The molecule has 0 heterocycles. The van der Waals surface area contributed by atoms with Crippen molar-refractivity contribution in [1.82, 2.24) is 0 Å². The number of aliphatic hydroxyl groups excluding tert-OH is 1. The molecule has 1 N–H and O–H groups in total. The molecule has 1 aromatic carbocycles. The summed E-state index contributed by atoms with van der Waals surface area (Å²) in [5, 5.41) is 10.3. The fourth-order valence-electron chi connectivity index (χ4n) is 2.70. The molecule has 1 heteroatoms. The van der Waals surface area contributed by atoms with Crippen LogP contribution in [0, 0.1) is 5.92 Å². The largest absolute Gasteiger partial charge is 0.392 e. The predicted molar refractivity (Wildman–Crippen MR) is 63.0 cm³/mol. The highest BCUT2D eigenvalue weighted by molar-refractivity contribution is 5.40. The summed E-state index contributed by atoms with van der Waals surface area (Å²) in [7, 11) is 0. The summed E-state index contributed by atoms with van der Waals surface area (Å²) in [4.78, 5) is 0. The first-order chi connectivity index (χ1) is 7.27. The monoisotopic (exact) mass is 204 g/mol. The van der Waals surface area contributed by atoms with Crippen LogP contribution in [-0.4, -0.2) is 11.2 Å². The van der Waals surface area contributed by atoms with E-state index in [9.17, 15) is 5.11 Å². The summed E-state index contributed by atoms with van der Waals surface area (Å²) in [6.07, 6.45) is 3.08. The van der Waals surface area contributed by atoms with Crippen molar-refractivity contribution >= 4 is 0 Å². The average molecular weight is 204 g/mol. The van der Waals surface area contributed by atoms with Crippen LogP contribution < -0.4 is 0 Å². The van der Waals surface area contributed by atoms with Gasteiger partial charge in [-0.1, -0.05) is 51.0 Å². The fourth-order valence-corrected chi connectivity index (χ4v) is 2.70. The lowest BCUT2D eigenvalue weighted by molar-refractivity contribution is 0.0680. The first kappa shape index (κ1) is 10.7. The third-order valence-electron chi connectivity index (χ3n) is 3.84. The lowest BCUT2D eigenvalue weighted by Gasteiger charge is -2.37. The standard InChI is InChI=1S/C14H20O/c1-3-10(4-2)14(15)13-9-11-7-5-6-8-12(11)13/h5-8,10,13-15H,3-4,9H2,1-2H3. The van der Waals surface area contributed by atoms with Gasteiger partial charge < -0.3 is 5.11 Å². The molecule has 0 aliphatic heterocycles. The Balaban J connectivity index is 2.09. The quantitative estimate of drug-likeness (QED) is 0.799. The number of hydrogen-bond acceptors (Lipinski definition) is 1. The van der Waals surface area contributed by atoms with E-state index >= 15 is 0 Å². The van der Waals surface area contributed by atoms with Gasteiger partial charge in [0.2, 0.25) is 0 Å². The van der Waals surface area contributed by atoms with Gasteiger partial charge in [0.25, 0.3) is 0 Å². The smallest absolute Gasteiger partial charge is 0.0639 e. The molecule has 2 unspecified atom stereocenters. The summed E-state index contributed by atoms with van der Waals surface area (Å²) in [5.41, 5.74) is 2.80. The maximum atomic E-state index is 10.3. The van der Waals surface area contributed by atoms with E-state index in [0.717, 1.165) is 19.3 Å². The van der Waals surface area contributed by atoms with Crippen LogP contribution in [0.3, 0.4) is 0 Å². The molecule has 2 rings (SSSR count). The van der Waals surface area contributed by atoms with Gasteiger partial charge in [0.15, 0.2) is 0 Å². The van der Waals surface area contributed by atoms with E-state index in [2.05, 4.69) is 38.1 Å². The minimum atomic E-state index is -0.144. The average Bonchev–Trinajstić information content (AvgIpc) is 2.22. The third-order valence-corrected chi connectivity index (χ3v) is 3.84. The molecule has 0 fully saturated rings. The minimum Gasteiger partial charge on any atom is -0.392 e. The van der Waals surface area contributed by atoms with Crippen molar-refractivity contribution in [2.75, 3.05) is 0 Å². The molecule has 1 aromatic rings. The summed E-state index contributed by atoms with van der Waals surface area (Å²) >= 11 is 0. The summed E-state index contributed by atoms with van der Waals surface area (Å²) in [6, 6.07) is 8.49. The van der Waals surface area contributed by atoms with Crippen molar-refractivity contribution in [3.63, 3.8) is 0 Å². The Labute approximate surface area is 92.1 Å². The van der Waals surface area contributed by atoms with Crippen LogP contribution in [0.2, 0.25) is 0 Å². The minimum absolute atomic E-state index is 0.144. The van der Waals surface area contributed by atoms with Gasteiger partial charge in [-0.25, -0.2) is 0 Å². The van der Waals surface area contributed by atoms with Crippen molar-refractivity contribution in [2.45, 2.75) is 45.1 Å². The second kappa shape index (κ2) is 4.36. The Hall–Kier alpha value is -0.820. The van der Waals surface area contributed by atoms with E-state index in [1.54, 1.807) is 0 Å². The molecule has 15 heavy (non-hydrogen) atoms. The Morgan fingerprint density at radius 3 is 2.53 bits per heavy atom. The van der Waals surface area contributed by atoms with E-state index < -0.39 is 0 Å². The maximum absolute atomic E-state index is 10.3. The van der Waals surface area contributed by atoms with Crippen molar-refractivity contribution in [2.24, 2.45) is 5.92 Å². The molecule has 0 spiro atoms. The molecule has 1 aliphatic rings. The van der Waals surface area contributed by atoms with Crippen molar-refractivity contribution in [1.29, 1.82) is 0 Å². The van der Waals surface area contributed by atoms with Crippen LogP contribution in [0.5, 0.6) is 0 Å². The Kier molecular flexibility index (Phi) is 3.11. The van der Waals surface area contributed by atoms with Gasteiger partial charge in [-0.05, 0) is 23.5 Å². The highest BCUT2D eigenvalue weighted by Gasteiger charge is 2.34. The molecular formula is C14H20O. The van der Waals surface area contributed by atoms with Crippen LogP contribution in [0.15, 0.2) is 24.3 Å². The number of fused-ring (bicyclic) bond motifs is 1. The van der Waals surface area contributed by atoms with E-state index in [4.69, 9.17) is 0 Å². The first-order valence-electron chi connectivity index (χ1n) is 6.03. The van der Waals surface area contributed by atoms with Crippen LogP contribution in [0.25, 0.3) is 0 Å². The van der Waals surface area contributed by atoms with Gasteiger partial charge >= 0.3 is 0 Å². The second-order valence-corrected chi connectivity index (χ2v) is 4.58. The van der Waals surface area contributed by atoms with E-state index in [-0.39, 0.29) is 6.10 Å². The zero-order chi connectivity index (χ0) is 10.8. The molecule has 2 atom stereocenters. The maximum Gasteiger partial charge on any atom is 0.0639 e. The molecule has 0 aromatic heterocycles. The first-order valence-corrected chi connectivity index (χ1v) is 6.03. The van der Waals surface area contributed by atoms with Gasteiger partial charge in [-0.15, -0.1) is 0 Å². The SMILES string of the molecule is CCC(CC)C(O)C1Cc2ccccc21. The third kappa shape index (κ3) is 1.81. The fraction of sp³-hybridized carbons (Fsp3) is 0.571. The molecule has 0 saturated heterocycles. The van der Waals surface area contributed by atoms with Crippen molar-refractivity contribution in [3.8, 4) is 0 Å². The Morgan fingerprint density at radius 2 is 1.93 bits per heavy atom. The van der Waals surface area contributed by atoms with Crippen molar-refractivity contribution < 1.29 is 5.11 Å². The number of aliphatic hydroxyl groups is 1. The van der Waals surface area contributed by atoms with Crippen LogP contribution in [-0.2, 0) is 6.42 Å². The van der Waals surface area contributed by atoms with Crippen LogP contribution in [0.1, 0.15) is 43.7 Å². The van der Waals surface area contributed by atoms with Gasteiger partial charge in [-0.3, -0.25) is 0 Å². The van der Waals surface area contributed by atoms with Gasteiger partial charge in [0, 0.05) is 5.92 Å². The van der Waals surface area contributed by atoms with E-state index in [1.165, 1.54) is 11.1 Å². The highest BCUT2D eigenvalue weighted by atomic mass is 16.3. The zero-order valence-corrected chi connectivity index (χ0v) is 9.61. The molecule has 1 aliphatic carbocycles. The Bertz CT molecular complexity index is 328. The predicted octanol–water partition coefficient (Wildman–Crippen LogP) is 3.12. The second-order valence-electron chi connectivity index (χ2n) is 4.58. The molecular weight excluding hydrogens is 184 g/mol. The van der Waals surface area contributed by atoms with Crippen LogP contribution in [0.4, 0.5) is 0 Å².